The first-order chi connectivity index (χ1) is 7.31. The maximum Gasteiger partial charge on any atom is 0.494 e. The second kappa shape index (κ2) is 4.79. The molecule has 0 fully saturated rings. The highest BCUT2D eigenvalue weighted by Gasteiger charge is 2.30. The molecular formula is C11H16BNO2. The molecule has 1 atom stereocenters. The summed E-state index contributed by atoms with van der Waals surface area (Å²) in [6.45, 7) is 3.41. The van der Waals surface area contributed by atoms with Crippen LogP contribution in [0.25, 0.3) is 0 Å². The molecule has 0 spiro atoms. The van der Waals surface area contributed by atoms with Crippen molar-refractivity contribution in [1.82, 2.24) is 5.32 Å². The SMILES string of the molecule is CNC(C)COB1OCc2ccccc21. The molecule has 1 aliphatic rings. The first-order valence-electron chi connectivity index (χ1n) is 5.29. The molecule has 0 amide bonds. The van der Waals surface area contributed by atoms with Crippen molar-refractivity contribution in [1.29, 1.82) is 0 Å². The summed E-state index contributed by atoms with van der Waals surface area (Å²) in [7, 11) is 1.74. The topological polar surface area (TPSA) is 30.5 Å². The molecular weight excluding hydrogens is 189 g/mol. The Morgan fingerprint density at radius 1 is 1.53 bits per heavy atom. The predicted molar refractivity (Wildman–Crippen MR) is 61.1 cm³/mol. The molecule has 0 radical (unpaired) electrons. The Morgan fingerprint density at radius 2 is 2.33 bits per heavy atom. The van der Waals surface area contributed by atoms with Gasteiger partial charge in [-0.3, -0.25) is 0 Å². The summed E-state index contributed by atoms with van der Waals surface area (Å²) in [4.78, 5) is 0. The Balaban J connectivity index is 1.96. The molecule has 1 aromatic rings. The summed E-state index contributed by atoms with van der Waals surface area (Å²) in [6.07, 6.45) is 0. The third-order valence-corrected chi connectivity index (χ3v) is 2.69. The van der Waals surface area contributed by atoms with Crippen LogP contribution in [-0.2, 0) is 15.9 Å². The lowest BCUT2D eigenvalue weighted by molar-refractivity contribution is 0.197. The molecule has 0 saturated carbocycles. The van der Waals surface area contributed by atoms with Gasteiger partial charge >= 0.3 is 7.12 Å². The van der Waals surface area contributed by atoms with E-state index in [4.69, 9.17) is 9.31 Å². The van der Waals surface area contributed by atoms with E-state index in [0.717, 1.165) is 0 Å². The number of fused-ring (bicyclic) bond motifs is 1. The lowest BCUT2D eigenvalue weighted by Gasteiger charge is -2.13. The summed E-state index contributed by atoms with van der Waals surface area (Å²) in [6, 6.07) is 8.55. The minimum Gasteiger partial charge on any atom is -0.406 e. The van der Waals surface area contributed by atoms with Crippen molar-refractivity contribution in [2.75, 3.05) is 13.7 Å². The zero-order valence-corrected chi connectivity index (χ0v) is 9.19. The van der Waals surface area contributed by atoms with Crippen LogP contribution in [0.15, 0.2) is 24.3 Å². The van der Waals surface area contributed by atoms with E-state index in [-0.39, 0.29) is 7.12 Å². The van der Waals surface area contributed by atoms with Gasteiger partial charge in [-0.05, 0) is 25.0 Å². The minimum atomic E-state index is -0.183. The van der Waals surface area contributed by atoms with Crippen LogP contribution in [-0.4, -0.2) is 26.8 Å². The summed E-state index contributed by atoms with van der Waals surface area (Å²) in [5.41, 5.74) is 2.40. The molecule has 3 nitrogen and oxygen atoms in total. The summed E-state index contributed by atoms with van der Waals surface area (Å²) >= 11 is 0. The minimum absolute atomic E-state index is 0.183. The second-order valence-electron chi connectivity index (χ2n) is 3.86. The molecule has 2 rings (SSSR count). The monoisotopic (exact) mass is 205 g/mol. The molecule has 0 bridgehead atoms. The van der Waals surface area contributed by atoms with E-state index in [9.17, 15) is 0 Å². The van der Waals surface area contributed by atoms with Crippen LogP contribution in [0.2, 0.25) is 0 Å². The van der Waals surface area contributed by atoms with Crippen LogP contribution >= 0.6 is 0 Å². The zero-order valence-electron chi connectivity index (χ0n) is 9.19. The standard InChI is InChI=1S/C11H16BNO2/c1-9(13-2)7-14-12-11-6-4-3-5-10(11)8-15-12/h3-6,9,13H,7-8H2,1-2H3. The molecule has 15 heavy (non-hydrogen) atoms. The van der Waals surface area contributed by atoms with E-state index in [1.807, 2.05) is 19.2 Å². The zero-order chi connectivity index (χ0) is 10.7. The molecule has 1 unspecified atom stereocenters. The molecule has 0 saturated heterocycles. The van der Waals surface area contributed by atoms with Gasteiger partial charge in [-0.15, -0.1) is 0 Å². The van der Waals surface area contributed by atoms with Gasteiger partial charge in [0.2, 0.25) is 0 Å². The van der Waals surface area contributed by atoms with Gasteiger partial charge < -0.3 is 14.6 Å². The van der Waals surface area contributed by atoms with Crippen molar-refractivity contribution in [2.45, 2.75) is 19.6 Å². The second-order valence-corrected chi connectivity index (χ2v) is 3.86. The van der Waals surface area contributed by atoms with Crippen molar-refractivity contribution < 1.29 is 9.31 Å². The highest BCUT2D eigenvalue weighted by atomic mass is 16.6. The van der Waals surface area contributed by atoms with Crippen molar-refractivity contribution in [3.8, 4) is 0 Å². The summed E-state index contributed by atoms with van der Waals surface area (Å²) in [5.74, 6) is 0. The van der Waals surface area contributed by atoms with Crippen molar-refractivity contribution in [3.05, 3.63) is 29.8 Å². The Labute approximate surface area is 90.9 Å². The van der Waals surface area contributed by atoms with E-state index in [1.54, 1.807) is 0 Å². The highest BCUT2D eigenvalue weighted by molar-refractivity contribution is 6.62. The Kier molecular flexibility index (Phi) is 3.41. The smallest absolute Gasteiger partial charge is 0.406 e. The number of nitrogens with one attached hydrogen (secondary N) is 1. The molecule has 0 aromatic heterocycles. The Hall–Kier alpha value is -0.835. The average Bonchev–Trinajstić information content (AvgIpc) is 2.69. The lowest BCUT2D eigenvalue weighted by Crippen LogP contribution is -2.37. The first kappa shape index (κ1) is 10.7. The molecule has 1 aromatic carbocycles. The normalized spacial score (nSPS) is 16.5. The van der Waals surface area contributed by atoms with Crippen LogP contribution in [0.4, 0.5) is 0 Å². The van der Waals surface area contributed by atoms with Gasteiger partial charge in [0.1, 0.15) is 0 Å². The van der Waals surface area contributed by atoms with E-state index in [0.29, 0.717) is 19.3 Å². The third kappa shape index (κ3) is 2.40. The third-order valence-electron chi connectivity index (χ3n) is 2.69. The lowest BCUT2D eigenvalue weighted by atomic mass is 9.79. The van der Waals surface area contributed by atoms with Crippen molar-refractivity contribution >= 4 is 12.6 Å². The van der Waals surface area contributed by atoms with E-state index in [2.05, 4.69) is 24.4 Å². The van der Waals surface area contributed by atoms with E-state index >= 15 is 0 Å². The first-order valence-corrected chi connectivity index (χ1v) is 5.29. The maximum atomic E-state index is 5.70. The number of rotatable bonds is 4. The van der Waals surface area contributed by atoms with Gasteiger partial charge in [0.25, 0.3) is 0 Å². The van der Waals surface area contributed by atoms with Crippen LogP contribution in [0.5, 0.6) is 0 Å². The summed E-state index contributed by atoms with van der Waals surface area (Å²) < 4.78 is 11.3. The maximum absolute atomic E-state index is 5.70. The molecule has 0 aliphatic carbocycles. The largest absolute Gasteiger partial charge is 0.494 e. The molecule has 4 heteroatoms. The highest BCUT2D eigenvalue weighted by Crippen LogP contribution is 2.10. The Bertz CT molecular complexity index is 332. The predicted octanol–water partition coefficient (Wildman–Crippen LogP) is 0.536. The van der Waals surface area contributed by atoms with Crippen LogP contribution < -0.4 is 10.8 Å². The van der Waals surface area contributed by atoms with Gasteiger partial charge in [0.15, 0.2) is 0 Å². The molecule has 80 valence electrons. The number of benzene rings is 1. The van der Waals surface area contributed by atoms with E-state index in [1.165, 1.54) is 11.0 Å². The van der Waals surface area contributed by atoms with E-state index < -0.39 is 0 Å². The van der Waals surface area contributed by atoms with Gasteiger partial charge in [0.05, 0.1) is 6.61 Å². The number of likely N-dealkylation sites (N-methyl/N-ethyl adjacent to an activating group) is 1. The van der Waals surface area contributed by atoms with Gasteiger partial charge in [-0.1, -0.05) is 24.3 Å². The fourth-order valence-electron chi connectivity index (χ4n) is 1.60. The Morgan fingerprint density at radius 3 is 3.13 bits per heavy atom. The number of hydrogen-bond acceptors (Lipinski definition) is 3. The van der Waals surface area contributed by atoms with Crippen LogP contribution in [0.1, 0.15) is 12.5 Å². The summed E-state index contributed by atoms with van der Waals surface area (Å²) in [5, 5.41) is 3.13. The quantitative estimate of drug-likeness (QED) is 0.727. The average molecular weight is 205 g/mol. The number of hydrogen-bond donors (Lipinski definition) is 1. The van der Waals surface area contributed by atoms with Crippen molar-refractivity contribution in [3.63, 3.8) is 0 Å². The van der Waals surface area contributed by atoms with Crippen molar-refractivity contribution in [2.24, 2.45) is 0 Å². The van der Waals surface area contributed by atoms with Crippen LogP contribution in [0, 0.1) is 0 Å². The fourth-order valence-corrected chi connectivity index (χ4v) is 1.60. The van der Waals surface area contributed by atoms with Gasteiger partial charge in [0, 0.05) is 12.6 Å². The molecule has 1 aliphatic heterocycles. The molecule has 1 heterocycles. The fraction of sp³-hybridized carbons (Fsp3) is 0.455. The van der Waals surface area contributed by atoms with Gasteiger partial charge in [-0.25, -0.2) is 0 Å². The van der Waals surface area contributed by atoms with Gasteiger partial charge in [-0.2, -0.15) is 0 Å². The van der Waals surface area contributed by atoms with Crippen LogP contribution in [0.3, 0.4) is 0 Å². The molecule has 1 N–H and O–H groups in total.